The Hall–Kier alpha value is -3.04. The number of likely N-dealkylation sites (tertiary alicyclic amines) is 1. The van der Waals surface area contributed by atoms with Crippen LogP contribution in [-0.2, 0) is 6.42 Å². The molecule has 0 aliphatic carbocycles. The average Bonchev–Trinajstić information content (AvgIpc) is 2.91. The number of fused-ring (bicyclic) bond motifs is 1. The fourth-order valence-electron chi connectivity index (χ4n) is 5.40. The third-order valence-corrected chi connectivity index (χ3v) is 7.77. The maximum atomic E-state index is 13.9. The van der Waals surface area contributed by atoms with Gasteiger partial charge in [-0.2, -0.15) is 0 Å². The number of aromatic nitrogens is 1. The summed E-state index contributed by atoms with van der Waals surface area (Å²) in [6.45, 7) is 2.74. The van der Waals surface area contributed by atoms with Gasteiger partial charge < -0.3 is 25.0 Å². The second kappa shape index (κ2) is 12.2. The highest BCUT2D eigenvalue weighted by atomic mass is 19.2. The van der Waals surface area contributed by atoms with Crippen LogP contribution in [0.3, 0.4) is 0 Å². The van der Waals surface area contributed by atoms with Crippen LogP contribution in [0.2, 0.25) is 0 Å². The molecule has 0 bridgehead atoms. The lowest BCUT2D eigenvalue weighted by molar-refractivity contribution is 0.0370. The molecule has 6 nitrogen and oxygen atoms in total. The van der Waals surface area contributed by atoms with Crippen molar-refractivity contribution in [1.82, 2.24) is 9.88 Å². The summed E-state index contributed by atoms with van der Waals surface area (Å²) in [7, 11) is 5.70. The number of anilines is 2. The van der Waals surface area contributed by atoms with Crippen molar-refractivity contribution in [3.63, 3.8) is 0 Å². The van der Waals surface area contributed by atoms with E-state index >= 15 is 0 Å². The molecule has 0 spiro atoms. The summed E-state index contributed by atoms with van der Waals surface area (Å²) in [5.41, 5.74) is 2.95. The van der Waals surface area contributed by atoms with Gasteiger partial charge in [-0.15, -0.1) is 0 Å². The van der Waals surface area contributed by atoms with E-state index in [1.807, 2.05) is 38.5 Å². The smallest absolute Gasteiger partial charge is 0.182 e. The zero-order chi connectivity index (χ0) is 27.3. The molecule has 2 heterocycles. The van der Waals surface area contributed by atoms with Crippen molar-refractivity contribution in [3.8, 4) is 5.75 Å². The molecule has 38 heavy (non-hydrogen) atoms. The standard InChI is InChI=1S/C29H37F3N4O2/c1-35(2)27-18-34-25-7-6-21(38-3)17-23(25)22(27)5-4-8-29(19-37)9-12-36(13-10-29)14-11-33-26-16-20(30)15-24(31)28(26)32/h6-7,15-18,33,37H,4-5,8-14,19H2,1-3H3. The first-order valence-corrected chi connectivity index (χ1v) is 13.1. The molecule has 0 amide bonds. The summed E-state index contributed by atoms with van der Waals surface area (Å²) < 4.78 is 46.2. The van der Waals surface area contributed by atoms with Crippen molar-refractivity contribution < 1.29 is 23.0 Å². The molecule has 1 saturated heterocycles. The van der Waals surface area contributed by atoms with Crippen LogP contribution in [0, 0.1) is 22.9 Å². The number of rotatable bonds is 11. The first-order chi connectivity index (χ1) is 18.2. The molecule has 1 aliphatic heterocycles. The number of ether oxygens (including phenoxy) is 1. The van der Waals surface area contributed by atoms with E-state index in [1.165, 1.54) is 5.56 Å². The van der Waals surface area contributed by atoms with Gasteiger partial charge in [-0.05, 0) is 74.4 Å². The van der Waals surface area contributed by atoms with E-state index in [-0.39, 0.29) is 17.7 Å². The van der Waals surface area contributed by atoms with Crippen molar-refractivity contribution in [1.29, 1.82) is 0 Å². The van der Waals surface area contributed by atoms with E-state index in [1.54, 1.807) is 7.11 Å². The number of aliphatic hydroxyl groups is 1. The van der Waals surface area contributed by atoms with Gasteiger partial charge in [0, 0.05) is 51.3 Å². The lowest BCUT2D eigenvalue weighted by atomic mass is 9.75. The second-order valence-electron chi connectivity index (χ2n) is 10.4. The van der Waals surface area contributed by atoms with Crippen molar-refractivity contribution in [3.05, 3.63) is 59.5 Å². The molecule has 0 atom stereocenters. The van der Waals surface area contributed by atoms with Gasteiger partial charge in [0.2, 0.25) is 0 Å². The number of halogens is 3. The Kier molecular flexibility index (Phi) is 8.99. The zero-order valence-corrected chi connectivity index (χ0v) is 22.4. The molecule has 0 unspecified atom stereocenters. The average molecular weight is 531 g/mol. The molecule has 4 rings (SSSR count). The van der Waals surface area contributed by atoms with Crippen LogP contribution in [0.15, 0.2) is 36.5 Å². The van der Waals surface area contributed by atoms with E-state index in [0.29, 0.717) is 19.2 Å². The number of nitrogens with one attached hydrogen (secondary N) is 1. The fraction of sp³-hybridized carbons (Fsp3) is 0.483. The molecule has 1 aromatic heterocycles. The number of nitrogens with zero attached hydrogens (tertiary/aromatic N) is 3. The van der Waals surface area contributed by atoms with Crippen LogP contribution in [0.25, 0.3) is 10.9 Å². The van der Waals surface area contributed by atoms with Crippen LogP contribution < -0.4 is 15.0 Å². The number of methoxy groups -OCH3 is 1. The molecule has 2 N–H and O–H groups in total. The SMILES string of the molecule is COc1ccc2ncc(N(C)C)c(CCCC3(CO)CCN(CCNc4cc(F)cc(F)c4F)CC3)c2c1. The van der Waals surface area contributed by atoms with Crippen LogP contribution in [0.4, 0.5) is 24.5 Å². The first-order valence-electron chi connectivity index (χ1n) is 13.1. The molecule has 9 heteroatoms. The molecule has 0 radical (unpaired) electrons. The van der Waals surface area contributed by atoms with Gasteiger partial charge in [0.05, 0.1) is 30.2 Å². The van der Waals surface area contributed by atoms with Crippen LogP contribution in [0.1, 0.15) is 31.2 Å². The predicted octanol–water partition coefficient (Wildman–Crippen LogP) is 5.24. The maximum Gasteiger partial charge on any atom is 0.182 e. The lowest BCUT2D eigenvalue weighted by Crippen LogP contribution is -2.43. The van der Waals surface area contributed by atoms with Crippen molar-refractivity contribution in [2.24, 2.45) is 5.41 Å². The van der Waals surface area contributed by atoms with Gasteiger partial charge in [-0.25, -0.2) is 13.2 Å². The third kappa shape index (κ3) is 6.32. The van der Waals surface area contributed by atoms with Gasteiger partial charge in [0.15, 0.2) is 11.6 Å². The summed E-state index contributed by atoms with van der Waals surface area (Å²) in [6.07, 6.45) is 6.34. The summed E-state index contributed by atoms with van der Waals surface area (Å²) >= 11 is 0. The van der Waals surface area contributed by atoms with E-state index < -0.39 is 17.5 Å². The van der Waals surface area contributed by atoms with Crippen molar-refractivity contribution in [2.75, 3.05) is 64.2 Å². The van der Waals surface area contributed by atoms with E-state index in [2.05, 4.69) is 20.1 Å². The number of benzene rings is 2. The molecule has 206 valence electrons. The molecule has 1 aliphatic rings. The Morgan fingerprint density at radius 3 is 2.58 bits per heavy atom. The van der Waals surface area contributed by atoms with Crippen LogP contribution in [0.5, 0.6) is 5.75 Å². The van der Waals surface area contributed by atoms with Crippen LogP contribution in [-0.4, -0.2) is 69.0 Å². The van der Waals surface area contributed by atoms with E-state index in [0.717, 1.165) is 73.6 Å². The molecule has 1 fully saturated rings. The predicted molar refractivity (Wildman–Crippen MR) is 146 cm³/mol. The fourth-order valence-corrected chi connectivity index (χ4v) is 5.40. The summed E-state index contributed by atoms with van der Waals surface area (Å²) in [5, 5.41) is 14.2. The lowest BCUT2D eigenvalue weighted by Gasteiger charge is -2.41. The van der Waals surface area contributed by atoms with Gasteiger partial charge in [-0.3, -0.25) is 4.98 Å². The molecular formula is C29H37F3N4O2. The quantitative estimate of drug-likeness (QED) is 0.331. The number of hydrogen-bond donors (Lipinski definition) is 2. The molecule has 3 aromatic rings. The highest BCUT2D eigenvalue weighted by Crippen LogP contribution is 2.37. The van der Waals surface area contributed by atoms with E-state index in [9.17, 15) is 18.3 Å². The van der Waals surface area contributed by atoms with Crippen molar-refractivity contribution >= 4 is 22.3 Å². The zero-order valence-electron chi connectivity index (χ0n) is 22.4. The minimum absolute atomic E-state index is 0.137. The maximum absolute atomic E-state index is 13.9. The summed E-state index contributed by atoms with van der Waals surface area (Å²) in [4.78, 5) is 8.95. The number of piperidine rings is 1. The van der Waals surface area contributed by atoms with Gasteiger partial charge in [0.1, 0.15) is 11.6 Å². The Labute approximate surface area is 222 Å². The van der Waals surface area contributed by atoms with Gasteiger partial charge in [0.25, 0.3) is 0 Å². The van der Waals surface area contributed by atoms with Gasteiger partial charge >= 0.3 is 0 Å². The first kappa shape index (κ1) is 28.0. The Bertz CT molecular complexity index is 1250. The normalized spacial score (nSPS) is 15.6. The highest BCUT2D eigenvalue weighted by Gasteiger charge is 2.33. The Morgan fingerprint density at radius 2 is 1.89 bits per heavy atom. The number of pyridine rings is 1. The molecule has 0 saturated carbocycles. The second-order valence-corrected chi connectivity index (χ2v) is 10.4. The Morgan fingerprint density at radius 1 is 1.13 bits per heavy atom. The Balaban J connectivity index is 1.34. The monoisotopic (exact) mass is 530 g/mol. The summed E-state index contributed by atoms with van der Waals surface area (Å²) in [5.74, 6) is -2.28. The third-order valence-electron chi connectivity index (χ3n) is 7.77. The molecule has 2 aromatic carbocycles. The largest absolute Gasteiger partial charge is 0.497 e. The number of aliphatic hydroxyl groups excluding tert-OH is 1. The topological polar surface area (TPSA) is 60.9 Å². The highest BCUT2D eigenvalue weighted by molar-refractivity contribution is 5.88. The van der Waals surface area contributed by atoms with E-state index in [4.69, 9.17) is 4.74 Å². The number of aryl methyl sites for hydroxylation is 1. The van der Waals surface area contributed by atoms with Crippen molar-refractivity contribution in [2.45, 2.75) is 32.1 Å². The molecular weight excluding hydrogens is 493 g/mol. The van der Waals surface area contributed by atoms with Crippen LogP contribution >= 0.6 is 0 Å². The number of hydrogen-bond acceptors (Lipinski definition) is 6. The van der Waals surface area contributed by atoms with Gasteiger partial charge in [-0.1, -0.05) is 0 Å². The minimum Gasteiger partial charge on any atom is -0.497 e. The summed E-state index contributed by atoms with van der Waals surface area (Å²) in [6, 6.07) is 7.45. The minimum atomic E-state index is -1.20.